The van der Waals surface area contributed by atoms with E-state index in [0.717, 1.165) is 25.7 Å². The molecular weight excluding hydrogens is 570 g/mol. The quantitative estimate of drug-likeness (QED) is 0.0416. The number of carbonyl (C=O) groups excluding carboxylic acids is 2. The van der Waals surface area contributed by atoms with Gasteiger partial charge in [0.25, 0.3) is 0 Å². The van der Waals surface area contributed by atoms with E-state index in [0.29, 0.717) is 0 Å². The standard InChI is InChI=1S/C41H77NO4/c1-3-5-7-9-11-13-15-17-19-21-23-25-27-29-31-33-37-45-40(43)36-35-39(42)41(44)46-38-34-32-30-28-26-24-22-20-18-16-14-12-10-8-6-4-2/h33-34,37-39H,3-32,35-36,42H2,1-2H3/t39-/m0/s1. The van der Waals surface area contributed by atoms with Crippen LogP contribution in [0.1, 0.15) is 219 Å². The van der Waals surface area contributed by atoms with Crippen LogP contribution in [-0.4, -0.2) is 18.0 Å². The Morgan fingerprint density at radius 1 is 0.478 bits per heavy atom. The molecule has 46 heavy (non-hydrogen) atoms. The van der Waals surface area contributed by atoms with Gasteiger partial charge in [0.2, 0.25) is 0 Å². The maximum absolute atomic E-state index is 12.1. The Kier molecular flexibility index (Phi) is 36.5. The molecule has 0 fully saturated rings. The SMILES string of the molecule is CCCCCCCCCCCCCCCCC=COC(=O)CC[C@H](N)C(=O)OC=CCCCCCCCCCCCCCCCC. The van der Waals surface area contributed by atoms with E-state index in [2.05, 4.69) is 13.8 Å². The summed E-state index contributed by atoms with van der Waals surface area (Å²) in [6, 6.07) is -0.821. The number of hydrogen-bond donors (Lipinski definition) is 1. The van der Waals surface area contributed by atoms with Crippen LogP contribution in [0.25, 0.3) is 0 Å². The van der Waals surface area contributed by atoms with Gasteiger partial charge >= 0.3 is 11.9 Å². The molecule has 5 heteroatoms. The number of hydrogen-bond acceptors (Lipinski definition) is 5. The molecule has 5 nitrogen and oxygen atoms in total. The van der Waals surface area contributed by atoms with Crippen molar-refractivity contribution in [3.05, 3.63) is 24.7 Å². The Balaban J connectivity index is 3.49. The number of ether oxygens (including phenoxy) is 2. The van der Waals surface area contributed by atoms with Crippen molar-refractivity contribution in [2.45, 2.75) is 225 Å². The molecule has 0 bridgehead atoms. The smallest absolute Gasteiger partial charge is 0.327 e. The van der Waals surface area contributed by atoms with Gasteiger partial charge in [-0.2, -0.15) is 0 Å². The van der Waals surface area contributed by atoms with Crippen LogP contribution in [0.15, 0.2) is 24.7 Å². The third-order valence-corrected chi connectivity index (χ3v) is 8.99. The van der Waals surface area contributed by atoms with Gasteiger partial charge in [-0.15, -0.1) is 0 Å². The predicted octanol–water partition coefficient (Wildman–Crippen LogP) is 13.0. The summed E-state index contributed by atoms with van der Waals surface area (Å²) in [5, 5.41) is 0. The topological polar surface area (TPSA) is 78.6 Å². The van der Waals surface area contributed by atoms with Crippen LogP contribution in [0.3, 0.4) is 0 Å². The van der Waals surface area contributed by atoms with Gasteiger partial charge in [-0.3, -0.25) is 4.79 Å². The number of nitrogens with two attached hydrogens (primary N) is 1. The molecule has 0 aliphatic carbocycles. The Morgan fingerprint density at radius 3 is 1.13 bits per heavy atom. The molecule has 0 saturated carbocycles. The minimum Gasteiger partial charge on any atom is -0.435 e. The molecule has 0 aromatic carbocycles. The monoisotopic (exact) mass is 648 g/mol. The van der Waals surface area contributed by atoms with Crippen molar-refractivity contribution in [1.82, 2.24) is 0 Å². The summed E-state index contributed by atoms with van der Waals surface area (Å²) in [7, 11) is 0. The number of unbranched alkanes of at least 4 members (excludes halogenated alkanes) is 28. The van der Waals surface area contributed by atoms with Gasteiger partial charge in [-0.1, -0.05) is 181 Å². The highest BCUT2D eigenvalue weighted by atomic mass is 16.5. The molecular formula is C41H77NO4. The van der Waals surface area contributed by atoms with Gasteiger partial charge in [0.05, 0.1) is 12.5 Å². The van der Waals surface area contributed by atoms with E-state index in [1.54, 1.807) is 0 Å². The maximum Gasteiger partial charge on any atom is 0.327 e. The molecule has 270 valence electrons. The highest BCUT2D eigenvalue weighted by Crippen LogP contribution is 2.15. The van der Waals surface area contributed by atoms with Crippen molar-refractivity contribution in [3.63, 3.8) is 0 Å². The van der Waals surface area contributed by atoms with E-state index in [-0.39, 0.29) is 18.8 Å². The van der Waals surface area contributed by atoms with E-state index >= 15 is 0 Å². The Morgan fingerprint density at radius 2 is 0.783 bits per heavy atom. The Labute approximate surface area is 286 Å². The van der Waals surface area contributed by atoms with Gasteiger partial charge in [0, 0.05) is 6.42 Å². The van der Waals surface area contributed by atoms with Crippen LogP contribution < -0.4 is 5.73 Å². The number of allylic oxidation sites excluding steroid dienone is 2. The van der Waals surface area contributed by atoms with Crippen molar-refractivity contribution in [1.29, 1.82) is 0 Å². The molecule has 2 N–H and O–H groups in total. The second-order valence-corrected chi connectivity index (χ2v) is 13.6. The summed E-state index contributed by atoms with van der Waals surface area (Å²) >= 11 is 0. The number of rotatable bonds is 36. The second kappa shape index (κ2) is 37.8. The summed E-state index contributed by atoms with van der Waals surface area (Å²) in [5.41, 5.74) is 5.90. The molecule has 0 amide bonds. The average molecular weight is 648 g/mol. The van der Waals surface area contributed by atoms with Gasteiger partial charge in [-0.25, -0.2) is 4.79 Å². The zero-order valence-electron chi connectivity index (χ0n) is 30.7. The van der Waals surface area contributed by atoms with Crippen molar-refractivity contribution in [2.75, 3.05) is 0 Å². The van der Waals surface area contributed by atoms with Crippen LogP contribution in [0, 0.1) is 0 Å². The van der Waals surface area contributed by atoms with Crippen molar-refractivity contribution < 1.29 is 19.1 Å². The van der Waals surface area contributed by atoms with Gasteiger partial charge in [0.15, 0.2) is 0 Å². The normalized spacial score (nSPS) is 12.3. The first kappa shape index (κ1) is 44.4. The fourth-order valence-corrected chi connectivity index (χ4v) is 5.83. The first-order valence-electron chi connectivity index (χ1n) is 20.1. The van der Waals surface area contributed by atoms with E-state index in [9.17, 15) is 9.59 Å². The zero-order valence-corrected chi connectivity index (χ0v) is 30.7. The lowest BCUT2D eigenvalue weighted by Crippen LogP contribution is -2.31. The lowest BCUT2D eigenvalue weighted by atomic mass is 10.0. The maximum atomic E-state index is 12.1. The summed E-state index contributed by atoms with van der Waals surface area (Å²) in [4.78, 5) is 24.0. The Hall–Kier alpha value is -1.62. The van der Waals surface area contributed by atoms with Gasteiger partial charge in [0.1, 0.15) is 6.04 Å². The minimum absolute atomic E-state index is 0.0994. The molecule has 0 aliphatic heterocycles. The van der Waals surface area contributed by atoms with Crippen LogP contribution >= 0.6 is 0 Å². The zero-order chi connectivity index (χ0) is 33.6. The van der Waals surface area contributed by atoms with Crippen LogP contribution in [0.5, 0.6) is 0 Å². The lowest BCUT2D eigenvalue weighted by Gasteiger charge is -2.08. The molecule has 0 aliphatic rings. The molecule has 0 saturated heterocycles. The van der Waals surface area contributed by atoms with Gasteiger partial charge in [-0.05, 0) is 44.3 Å². The second-order valence-electron chi connectivity index (χ2n) is 13.6. The first-order valence-corrected chi connectivity index (χ1v) is 20.1. The van der Waals surface area contributed by atoms with Gasteiger partial charge < -0.3 is 15.2 Å². The third kappa shape index (κ3) is 35.2. The van der Waals surface area contributed by atoms with Crippen LogP contribution in [0.2, 0.25) is 0 Å². The minimum atomic E-state index is -0.821. The molecule has 0 spiro atoms. The molecule has 1 atom stereocenters. The summed E-state index contributed by atoms with van der Waals surface area (Å²) in [6.07, 6.45) is 46.6. The van der Waals surface area contributed by atoms with E-state index in [1.165, 1.54) is 179 Å². The highest BCUT2D eigenvalue weighted by Gasteiger charge is 2.16. The van der Waals surface area contributed by atoms with Crippen molar-refractivity contribution in [2.24, 2.45) is 5.73 Å². The summed E-state index contributed by atoms with van der Waals surface area (Å²) in [6.45, 7) is 4.55. The van der Waals surface area contributed by atoms with E-state index < -0.39 is 12.0 Å². The van der Waals surface area contributed by atoms with E-state index in [4.69, 9.17) is 15.2 Å². The van der Waals surface area contributed by atoms with Crippen LogP contribution in [0.4, 0.5) is 0 Å². The largest absolute Gasteiger partial charge is 0.435 e. The Bertz CT molecular complexity index is 705. The molecule has 0 rings (SSSR count). The highest BCUT2D eigenvalue weighted by molar-refractivity contribution is 5.77. The third-order valence-electron chi connectivity index (χ3n) is 8.99. The molecule has 0 aromatic heterocycles. The predicted molar refractivity (Wildman–Crippen MR) is 198 cm³/mol. The molecule has 0 aromatic rings. The average Bonchev–Trinajstić information content (AvgIpc) is 3.06. The lowest BCUT2D eigenvalue weighted by molar-refractivity contribution is -0.141. The van der Waals surface area contributed by atoms with E-state index in [1.807, 2.05) is 12.2 Å². The fourth-order valence-electron chi connectivity index (χ4n) is 5.83. The molecule has 0 heterocycles. The molecule has 0 radical (unpaired) electrons. The van der Waals surface area contributed by atoms with Crippen LogP contribution in [-0.2, 0) is 19.1 Å². The molecule has 0 unspecified atom stereocenters. The van der Waals surface area contributed by atoms with Crippen molar-refractivity contribution in [3.8, 4) is 0 Å². The first-order chi connectivity index (χ1) is 22.6. The number of carbonyl (C=O) groups is 2. The number of esters is 2. The fraction of sp³-hybridized carbons (Fsp3) is 0.854. The van der Waals surface area contributed by atoms with Crippen molar-refractivity contribution >= 4 is 11.9 Å². The summed E-state index contributed by atoms with van der Waals surface area (Å²) < 4.78 is 10.3. The summed E-state index contributed by atoms with van der Waals surface area (Å²) in [5.74, 6) is -0.868.